The SMILES string of the molecule is O=C(O)C1(CNc2ccc(Cl)cc2[N+](=O)[O-])CCC1. The van der Waals surface area contributed by atoms with Crippen LogP contribution < -0.4 is 5.32 Å². The van der Waals surface area contributed by atoms with E-state index >= 15 is 0 Å². The largest absolute Gasteiger partial charge is 0.481 e. The molecule has 0 bridgehead atoms. The first-order valence-electron chi connectivity index (χ1n) is 5.86. The summed E-state index contributed by atoms with van der Waals surface area (Å²) in [6, 6.07) is 4.28. The summed E-state index contributed by atoms with van der Waals surface area (Å²) in [6.07, 6.45) is 2.06. The van der Waals surface area contributed by atoms with E-state index in [-0.39, 0.29) is 17.3 Å². The molecule has 19 heavy (non-hydrogen) atoms. The van der Waals surface area contributed by atoms with Crippen LogP contribution >= 0.6 is 11.6 Å². The molecule has 0 radical (unpaired) electrons. The molecule has 1 aromatic carbocycles. The molecule has 1 aromatic rings. The Morgan fingerprint density at radius 2 is 2.21 bits per heavy atom. The van der Waals surface area contributed by atoms with E-state index in [0.29, 0.717) is 18.5 Å². The standard InChI is InChI=1S/C12H13ClN2O4/c13-8-2-3-9(10(6-8)15(18)19)14-7-12(11(16)17)4-1-5-12/h2-3,6,14H,1,4-5,7H2,(H,16,17). The van der Waals surface area contributed by atoms with Crippen LogP contribution in [0.1, 0.15) is 19.3 Å². The number of anilines is 1. The van der Waals surface area contributed by atoms with Gasteiger partial charge in [0.25, 0.3) is 5.69 Å². The lowest BCUT2D eigenvalue weighted by molar-refractivity contribution is -0.384. The summed E-state index contributed by atoms with van der Waals surface area (Å²) in [5, 5.41) is 23.2. The quantitative estimate of drug-likeness (QED) is 0.640. The number of nitro groups is 1. The van der Waals surface area contributed by atoms with E-state index in [0.717, 1.165) is 6.42 Å². The van der Waals surface area contributed by atoms with Crippen LogP contribution in [0.25, 0.3) is 0 Å². The number of carboxylic acids is 1. The van der Waals surface area contributed by atoms with Crippen molar-refractivity contribution in [1.29, 1.82) is 0 Å². The molecule has 0 atom stereocenters. The molecule has 1 saturated carbocycles. The van der Waals surface area contributed by atoms with Crippen LogP contribution in [-0.2, 0) is 4.79 Å². The van der Waals surface area contributed by atoms with Gasteiger partial charge < -0.3 is 10.4 Å². The number of carboxylic acid groups (broad SMARTS) is 1. The lowest BCUT2D eigenvalue weighted by Gasteiger charge is -2.37. The number of nitro benzene ring substituents is 1. The van der Waals surface area contributed by atoms with Crippen LogP contribution in [0.5, 0.6) is 0 Å². The second-order valence-electron chi connectivity index (χ2n) is 4.71. The topological polar surface area (TPSA) is 92.5 Å². The highest BCUT2D eigenvalue weighted by Crippen LogP contribution is 2.41. The molecule has 0 aliphatic heterocycles. The van der Waals surface area contributed by atoms with Crippen LogP contribution in [0.15, 0.2) is 18.2 Å². The maximum Gasteiger partial charge on any atom is 0.311 e. The lowest BCUT2D eigenvalue weighted by Crippen LogP contribution is -2.43. The number of nitrogens with zero attached hydrogens (tertiary/aromatic N) is 1. The number of carbonyl (C=O) groups is 1. The lowest BCUT2D eigenvalue weighted by atomic mass is 9.69. The Labute approximate surface area is 114 Å². The highest BCUT2D eigenvalue weighted by molar-refractivity contribution is 6.30. The molecule has 1 aliphatic rings. The fraction of sp³-hybridized carbons (Fsp3) is 0.417. The minimum Gasteiger partial charge on any atom is -0.481 e. The third-order valence-corrected chi connectivity index (χ3v) is 3.77. The zero-order chi connectivity index (χ0) is 14.0. The van der Waals surface area contributed by atoms with Gasteiger partial charge in [-0.05, 0) is 25.0 Å². The predicted molar refractivity (Wildman–Crippen MR) is 70.5 cm³/mol. The zero-order valence-corrected chi connectivity index (χ0v) is 10.8. The first kappa shape index (κ1) is 13.6. The summed E-state index contributed by atoms with van der Waals surface area (Å²) < 4.78 is 0. The second-order valence-corrected chi connectivity index (χ2v) is 5.15. The van der Waals surface area contributed by atoms with E-state index in [4.69, 9.17) is 11.6 Å². The van der Waals surface area contributed by atoms with Crippen molar-refractivity contribution >= 4 is 28.9 Å². The number of aliphatic carboxylic acids is 1. The van der Waals surface area contributed by atoms with Crippen LogP contribution in [0, 0.1) is 15.5 Å². The summed E-state index contributed by atoms with van der Waals surface area (Å²) in [5.41, 5.74) is -0.651. The minimum atomic E-state index is -0.858. The Balaban J connectivity index is 2.15. The second kappa shape index (κ2) is 5.05. The highest BCUT2D eigenvalue weighted by Gasteiger charge is 2.44. The van der Waals surface area contributed by atoms with E-state index in [1.807, 2.05) is 0 Å². The molecule has 0 saturated heterocycles. The highest BCUT2D eigenvalue weighted by atomic mass is 35.5. The van der Waals surface area contributed by atoms with Crippen molar-refractivity contribution in [1.82, 2.24) is 0 Å². The number of hydrogen-bond donors (Lipinski definition) is 2. The normalized spacial score (nSPS) is 16.5. The third kappa shape index (κ3) is 2.63. The van der Waals surface area contributed by atoms with Crippen molar-refractivity contribution in [2.45, 2.75) is 19.3 Å². The summed E-state index contributed by atoms with van der Waals surface area (Å²) in [6.45, 7) is 0.185. The zero-order valence-electron chi connectivity index (χ0n) is 10.1. The Bertz CT molecular complexity index is 528. The summed E-state index contributed by atoms with van der Waals surface area (Å²) >= 11 is 5.71. The van der Waals surface area contributed by atoms with Crippen LogP contribution in [0.2, 0.25) is 5.02 Å². The predicted octanol–water partition coefficient (Wildman–Crippen LogP) is 2.92. The van der Waals surface area contributed by atoms with Crippen molar-refractivity contribution in [2.24, 2.45) is 5.41 Å². The van der Waals surface area contributed by atoms with Gasteiger partial charge in [-0.15, -0.1) is 0 Å². The molecule has 1 fully saturated rings. The molecule has 6 nitrogen and oxygen atoms in total. The van der Waals surface area contributed by atoms with Crippen LogP contribution in [0.3, 0.4) is 0 Å². The van der Waals surface area contributed by atoms with E-state index < -0.39 is 16.3 Å². The van der Waals surface area contributed by atoms with Gasteiger partial charge in [0.05, 0.1) is 10.3 Å². The van der Waals surface area contributed by atoms with Gasteiger partial charge in [0.2, 0.25) is 0 Å². The van der Waals surface area contributed by atoms with Gasteiger partial charge in [0.1, 0.15) is 5.69 Å². The number of halogens is 1. The van der Waals surface area contributed by atoms with E-state index in [1.54, 1.807) is 0 Å². The number of hydrogen-bond acceptors (Lipinski definition) is 4. The molecular weight excluding hydrogens is 272 g/mol. The average molecular weight is 285 g/mol. The van der Waals surface area contributed by atoms with Gasteiger partial charge >= 0.3 is 5.97 Å². The maximum atomic E-state index is 11.2. The molecule has 102 valence electrons. The van der Waals surface area contributed by atoms with Crippen molar-refractivity contribution in [2.75, 3.05) is 11.9 Å². The fourth-order valence-corrected chi connectivity index (χ4v) is 2.31. The van der Waals surface area contributed by atoms with Gasteiger partial charge in [0, 0.05) is 17.6 Å². The molecule has 0 unspecified atom stereocenters. The minimum absolute atomic E-state index is 0.146. The van der Waals surface area contributed by atoms with Crippen molar-refractivity contribution in [3.63, 3.8) is 0 Å². The Morgan fingerprint density at radius 3 is 2.68 bits per heavy atom. The molecule has 7 heteroatoms. The fourth-order valence-electron chi connectivity index (χ4n) is 2.14. The van der Waals surface area contributed by atoms with Gasteiger partial charge in [-0.3, -0.25) is 14.9 Å². The summed E-state index contributed by atoms with van der Waals surface area (Å²) in [7, 11) is 0. The monoisotopic (exact) mass is 284 g/mol. The molecule has 0 heterocycles. The maximum absolute atomic E-state index is 11.2. The summed E-state index contributed by atoms with van der Waals surface area (Å²) in [4.78, 5) is 21.6. The number of benzene rings is 1. The smallest absolute Gasteiger partial charge is 0.311 e. The van der Waals surface area contributed by atoms with Crippen molar-refractivity contribution in [3.05, 3.63) is 33.3 Å². The van der Waals surface area contributed by atoms with Crippen molar-refractivity contribution < 1.29 is 14.8 Å². The average Bonchev–Trinajstić information content (AvgIpc) is 2.28. The van der Waals surface area contributed by atoms with E-state index in [2.05, 4.69) is 5.32 Å². The van der Waals surface area contributed by atoms with E-state index in [9.17, 15) is 20.0 Å². The molecule has 2 rings (SSSR count). The van der Waals surface area contributed by atoms with Crippen LogP contribution in [-0.4, -0.2) is 22.5 Å². The van der Waals surface area contributed by atoms with Gasteiger partial charge in [-0.1, -0.05) is 18.0 Å². The first-order valence-corrected chi connectivity index (χ1v) is 6.24. The Hall–Kier alpha value is -1.82. The van der Waals surface area contributed by atoms with Crippen molar-refractivity contribution in [3.8, 4) is 0 Å². The van der Waals surface area contributed by atoms with Gasteiger partial charge in [-0.2, -0.15) is 0 Å². The summed E-state index contributed by atoms with van der Waals surface area (Å²) in [5.74, 6) is -0.858. The molecule has 0 spiro atoms. The molecule has 0 amide bonds. The van der Waals surface area contributed by atoms with Crippen LogP contribution in [0.4, 0.5) is 11.4 Å². The number of rotatable bonds is 5. The van der Waals surface area contributed by atoms with Gasteiger partial charge in [0.15, 0.2) is 0 Å². The first-order chi connectivity index (χ1) is 8.94. The third-order valence-electron chi connectivity index (χ3n) is 3.54. The molecule has 0 aromatic heterocycles. The Morgan fingerprint density at radius 1 is 1.53 bits per heavy atom. The molecule has 1 aliphatic carbocycles. The molecular formula is C12H13ClN2O4. The van der Waals surface area contributed by atoms with E-state index in [1.165, 1.54) is 18.2 Å². The van der Waals surface area contributed by atoms with Gasteiger partial charge in [-0.25, -0.2) is 0 Å². The molecule has 2 N–H and O–H groups in total. The number of nitrogens with one attached hydrogen (secondary N) is 1. The Kier molecular flexibility index (Phi) is 3.61.